The summed E-state index contributed by atoms with van der Waals surface area (Å²) in [7, 11) is 0. The van der Waals surface area contributed by atoms with Crippen LogP contribution in [-0.2, 0) is 16.1 Å². The van der Waals surface area contributed by atoms with Gasteiger partial charge in [0, 0.05) is 25.9 Å². The maximum absolute atomic E-state index is 12.5. The minimum absolute atomic E-state index is 0.0636. The number of hydrogen-bond acceptors (Lipinski definition) is 3. The van der Waals surface area contributed by atoms with Crippen molar-refractivity contribution < 1.29 is 9.59 Å². The van der Waals surface area contributed by atoms with Crippen LogP contribution in [0.25, 0.3) is 0 Å². The lowest BCUT2D eigenvalue weighted by Crippen LogP contribution is -2.43. The summed E-state index contributed by atoms with van der Waals surface area (Å²) in [6.45, 7) is 3.44. The number of carbonyl (C=O) groups excluding carboxylic acids is 2. The van der Waals surface area contributed by atoms with E-state index in [0.717, 1.165) is 0 Å². The molecule has 0 fully saturated rings. The van der Waals surface area contributed by atoms with E-state index in [1.54, 1.807) is 0 Å². The van der Waals surface area contributed by atoms with Crippen LogP contribution in [0.15, 0.2) is 29.4 Å². The molecular weight excluding hydrogens is 254 g/mol. The third kappa shape index (κ3) is 2.31. The van der Waals surface area contributed by atoms with Gasteiger partial charge in [0.25, 0.3) is 5.91 Å². The second-order valence-corrected chi connectivity index (χ2v) is 5.38. The molecule has 1 N–H and O–H groups in total. The van der Waals surface area contributed by atoms with Crippen LogP contribution in [0.5, 0.6) is 0 Å². The highest BCUT2D eigenvalue weighted by Crippen LogP contribution is 2.28. The first-order valence-electron chi connectivity index (χ1n) is 6.87. The fourth-order valence-corrected chi connectivity index (χ4v) is 2.82. The molecule has 1 unspecified atom stereocenters. The number of fused-ring (bicyclic) bond motifs is 1. The zero-order chi connectivity index (χ0) is 14.1. The van der Waals surface area contributed by atoms with Crippen LogP contribution in [0.1, 0.15) is 36.8 Å². The highest BCUT2D eigenvalue weighted by molar-refractivity contribution is 6.39. The molecule has 0 saturated carbocycles. The summed E-state index contributed by atoms with van der Waals surface area (Å²) in [5, 5.41) is 3.89. The van der Waals surface area contributed by atoms with Crippen LogP contribution in [0.4, 0.5) is 0 Å². The molecule has 5 heteroatoms. The SMILES string of the molecule is CC1CN(C(=O)C2=NNC(=O)CC2)Cc2ccccc21. The van der Waals surface area contributed by atoms with Crippen molar-refractivity contribution in [2.24, 2.45) is 5.10 Å². The summed E-state index contributed by atoms with van der Waals surface area (Å²) < 4.78 is 0. The predicted octanol–water partition coefficient (Wildman–Crippen LogP) is 1.40. The van der Waals surface area contributed by atoms with Gasteiger partial charge >= 0.3 is 0 Å². The van der Waals surface area contributed by atoms with Crippen LogP contribution in [-0.4, -0.2) is 29.0 Å². The van der Waals surface area contributed by atoms with Gasteiger partial charge in [0.15, 0.2) is 0 Å². The van der Waals surface area contributed by atoms with E-state index >= 15 is 0 Å². The third-order valence-electron chi connectivity index (χ3n) is 3.88. The normalized spacial score (nSPS) is 21.9. The van der Waals surface area contributed by atoms with E-state index in [0.29, 0.717) is 37.6 Å². The number of benzene rings is 1. The zero-order valence-electron chi connectivity index (χ0n) is 11.4. The first kappa shape index (κ1) is 12.8. The van der Waals surface area contributed by atoms with Gasteiger partial charge in [0.2, 0.25) is 5.91 Å². The van der Waals surface area contributed by atoms with Crippen molar-refractivity contribution in [1.82, 2.24) is 10.3 Å². The lowest BCUT2D eigenvalue weighted by Gasteiger charge is -2.33. The first-order chi connectivity index (χ1) is 9.65. The summed E-state index contributed by atoms with van der Waals surface area (Å²) in [6.07, 6.45) is 0.766. The van der Waals surface area contributed by atoms with E-state index in [4.69, 9.17) is 0 Å². The lowest BCUT2D eigenvalue weighted by atomic mass is 9.91. The molecule has 0 aliphatic carbocycles. The Balaban J connectivity index is 1.80. The molecule has 2 amide bonds. The Morgan fingerprint density at radius 3 is 2.90 bits per heavy atom. The van der Waals surface area contributed by atoms with E-state index in [1.807, 2.05) is 17.0 Å². The summed E-state index contributed by atoms with van der Waals surface area (Å²) in [4.78, 5) is 25.4. The average molecular weight is 271 g/mol. The van der Waals surface area contributed by atoms with Gasteiger partial charge in [-0.05, 0) is 17.0 Å². The fourth-order valence-electron chi connectivity index (χ4n) is 2.82. The quantitative estimate of drug-likeness (QED) is 0.839. The number of nitrogens with one attached hydrogen (secondary N) is 1. The Morgan fingerprint density at radius 2 is 2.15 bits per heavy atom. The van der Waals surface area contributed by atoms with Gasteiger partial charge in [-0.3, -0.25) is 9.59 Å². The van der Waals surface area contributed by atoms with Crippen molar-refractivity contribution in [2.75, 3.05) is 6.54 Å². The van der Waals surface area contributed by atoms with E-state index in [9.17, 15) is 9.59 Å². The number of rotatable bonds is 1. The molecule has 1 aromatic carbocycles. The van der Waals surface area contributed by atoms with Crippen molar-refractivity contribution in [1.29, 1.82) is 0 Å². The number of hydrogen-bond donors (Lipinski definition) is 1. The number of amides is 2. The van der Waals surface area contributed by atoms with Gasteiger partial charge in [-0.15, -0.1) is 0 Å². The lowest BCUT2D eigenvalue weighted by molar-refractivity contribution is -0.125. The van der Waals surface area contributed by atoms with Crippen LogP contribution in [0.3, 0.4) is 0 Å². The third-order valence-corrected chi connectivity index (χ3v) is 3.88. The molecule has 0 saturated heterocycles. The van der Waals surface area contributed by atoms with Gasteiger partial charge in [0.05, 0.1) is 0 Å². The molecule has 3 rings (SSSR count). The zero-order valence-corrected chi connectivity index (χ0v) is 11.4. The van der Waals surface area contributed by atoms with Gasteiger partial charge in [-0.25, -0.2) is 5.43 Å². The summed E-state index contributed by atoms with van der Waals surface area (Å²) in [5.74, 6) is 0.132. The highest BCUT2D eigenvalue weighted by Gasteiger charge is 2.29. The Kier molecular flexibility index (Phi) is 3.26. The molecular formula is C15H17N3O2. The second-order valence-electron chi connectivity index (χ2n) is 5.38. The van der Waals surface area contributed by atoms with Crippen molar-refractivity contribution in [3.63, 3.8) is 0 Å². The molecule has 0 spiro atoms. The summed E-state index contributed by atoms with van der Waals surface area (Å²) in [5.41, 5.74) is 5.35. The Bertz CT molecular complexity index is 595. The average Bonchev–Trinajstić information content (AvgIpc) is 2.47. The van der Waals surface area contributed by atoms with E-state index < -0.39 is 0 Å². The maximum atomic E-state index is 12.5. The Morgan fingerprint density at radius 1 is 1.35 bits per heavy atom. The first-order valence-corrected chi connectivity index (χ1v) is 6.87. The number of nitrogens with zero attached hydrogens (tertiary/aromatic N) is 2. The molecule has 104 valence electrons. The van der Waals surface area contributed by atoms with Gasteiger partial charge in [-0.2, -0.15) is 5.10 Å². The Hall–Kier alpha value is -2.17. The summed E-state index contributed by atoms with van der Waals surface area (Å²) in [6, 6.07) is 8.22. The molecule has 0 radical (unpaired) electrons. The van der Waals surface area contributed by atoms with Crippen molar-refractivity contribution in [3.05, 3.63) is 35.4 Å². The van der Waals surface area contributed by atoms with Crippen molar-refractivity contribution in [2.45, 2.75) is 32.2 Å². The standard InChI is InChI=1S/C15H17N3O2/c1-10-8-18(9-11-4-2-3-5-12(10)11)15(20)13-6-7-14(19)17-16-13/h2-5,10H,6-9H2,1H3,(H,17,19). The van der Waals surface area contributed by atoms with Gasteiger partial charge in [-0.1, -0.05) is 31.2 Å². The van der Waals surface area contributed by atoms with Crippen LogP contribution >= 0.6 is 0 Å². The minimum atomic E-state index is -0.126. The molecule has 20 heavy (non-hydrogen) atoms. The maximum Gasteiger partial charge on any atom is 0.270 e. The molecule has 2 aliphatic rings. The molecule has 0 aromatic heterocycles. The van der Waals surface area contributed by atoms with Crippen molar-refractivity contribution >= 4 is 17.5 Å². The molecule has 2 heterocycles. The minimum Gasteiger partial charge on any atom is -0.333 e. The number of hydrazone groups is 1. The molecule has 1 aromatic rings. The van der Waals surface area contributed by atoms with Crippen LogP contribution in [0.2, 0.25) is 0 Å². The number of carbonyl (C=O) groups is 2. The topological polar surface area (TPSA) is 61.8 Å². The Labute approximate surface area is 117 Å². The van der Waals surface area contributed by atoms with Gasteiger partial charge in [0.1, 0.15) is 5.71 Å². The molecule has 1 atom stereocenters. The smallest absolute Gasteiger partial charge is 0.270 e. The fraction of sp³-hybridized carbons (Fsp3) is 0.400. The van der Waals surface area contributed by atoms with Crippen LogP contribution < -0.4 is 5.43 Å². The highest BCUT2D eigenvalue weighted by atomic mass is 16.2. The van der Waals surface area contributed by atoms with Gasteiger partial charge < -0.3 is 4.90 Å². The van der Waals surface area contributed by atoms with E-state index in [2.05, 4.69) is 29.6 Å². The predicted molar refractivity (Wildman–Crippen MR) is 75.1 cm³/mol. The molecule has 0 bridgehead atoms. The molecule has 5 nitrogen and oxygen atoms in total. The second kappa shape index (κ2) is 5.07. The monoisotopic (exact) mass is 271 g/mol. The largest absolute Gasteiger partial charge is 0.333 e. The van der Waals surface area contributed by atoms with E-state index in [-0.39, 0.29) is 11.8 Å². The summed E-state index contributed by atoms with van der Waals surface area (Å²) >= 11 is 0. The van der Waals surface area contributed by atoms with Crippen molar-refractivity contribution in [3.8, 4) is 0 Å². The van der Waals surface area contributed by atoms with E-state index in [1.165, 1.54) is 11.1 Å². The molecule has 2 aliphatic heterocycles. The van der Waals surface area contributed by atoms with Crippen LogP contribution in [0, 0.1) is 0 Å².